The SMILES string of the molecule is CC[C@]12CC[C@](C)(OS(N)(=O)=O)C[C@@H]1CCCc1cc3c(cnn3-c3ccc(F)cc3)cc12. The Morgan fingerprint density at radius 2 is 2.00 bits per heavy atom. The van der Waals surface area contributed by atoms with Crippen molar-refractivity contribution in [2.45, 2.75) is 69.8 Å². The van der Waals surface area contributed by atoms with Crippen LogP contribution in [0.15, 0.2) is 42.6 Å². The second-order valence-electron chi connectivity index (χ2n) is 9.93. The first-order valence-electron chi connectivity index (χ1n) is 11.6. The summed E-state index contributed by atoms with van der Waals surface area (Å²) >= 11 is 0. The van der Waals surface area contributed by atoms with Crippen molar-refractivity contribution in [2.24, 2.45) is 11.1 Å². The maximum Gasteiger partial charge on any atom is 0.333 e. The number of halogens is 1. The highest BCUT2D eigenvalue weighted by Gasteiger charge is 2.50. The van der Waals surface area contributed by atoms with E-state index in [4.69, 9.17) is 9.32 Å². The lowest BCUT2D eigenvalue weighted by atomic mass is 9.57. The molecule has 0 unspecified atom stereocenters. The lowest BCUT2D eigenvalue weighted by molar-refractivity contribution is -0.00956. The van der Waals surface area contributed by atoms with Gasteiger partial charge in [0.1, 0.15) is 5.82 Å². The lowest BCUT2D eigenvalue weighted by Crippen LogP contribution is -2.48. The van der Waals surface area contributed by atoms with Gasteiger partial charge >= 0.3 is 10.3 Å². The van der Waals surface area contributed by atoms with Crippen LogP contribution in [-0.4, -0.2) is 23.8 Å². The van der Waals surface area contributed by atoms with Crippen molar-refractivity contribution in [2.75, 3.05) is 0 Å². The number of benzene rings is 2. The van der Waals surface area contributed by atoms with Gasteiger partial charge in [-0.25, -0.2) is 14.2 Å². The molecule has 3 atom stereocenters. The van der Waals surface area contributed by atoms with Gasteiger partial charge in [-0.3, -0.25) is 4.18 Å². The van der Waals surface area contributed by atoms with Crippen molar-refractivity contribution >= 4 is 21.2 Å². The van der Waals surface area contributed by atoms with Crippen LogP contribution in [0, 0.1) is 11.7 Å². The van der Waals surface area contributed by atoms with Crippen LogP contribution in [0.25, 0.3) is 16.6 Å². The molecule has 8 heteroatoms. The highest BCUT2D eigenvalue weighted by Crippen LogP contribution is 2.55. The Morgan fingerprint density at radius 3 is 2.70 bits per heavy atom. The molecule has 0 radical (unpaired) electrons. The van der Waals surface area contributed by atoms with Gasteiger partial charge in [0.25, 0.3) is 0 Å². The Kier molecular flexibility index (Phi) is 5.38. The van der Waals surface area contributed by atoms with Gasteiger partial charge in [-0.05, 0) is 111 Å². The molecule has 0 bridgehead atoms. The van der Waals surface area contributed by atoms with E-state index in [0.29, 0.717) is 18.8 Å². The van der Waals surface area contributed by atoms with Crippen molar-refractivity contribution in [1.82, 2.24) is 9.78 Å². The van der Waals surface area contributed by atoms with Gasteiger partial charge < -0.3 is 0 Å². The monoisotopic (exact) mass is 471 g/mol. The lowest BCUT2D eigenvalue weighted by Gasteiger charge is -2.50. The first-order valence-corrected chi connectivity index (χ1v) is 13.1. The van der Waals surface area contributed by atoms with Gasteiger partial charge in [0.05, 0.1) is 23.0 Å². The van der Waals surface area contributed by atoms with Gasteiger partial charge in [-0.2, -0.15) is 13.5 Å². The maximum atomic E-state index is 13.4. The Labute approximate surface area is 194 Å². The number of hydrogen-bond acceptors (Lipinski definition) is 4. The van der Waals surface area contributed by atoms with Crippen molar-refractivity contribution < 1.29 is 17.0 Å². The van der Waals surface area contributed by atoms with E-state index in [1.807, 2.05) is 17.8 Å². The molecule has 0 aliphatic heterocycles. The largest absolute Gasteiger partial charge is 0.333 e. The second-order valence-corrected chi connectivity index (χ2v) is 11.1. The summed E-state index contributed by atoms with van der Waals surface area (Å²) in [5.41, 5.74) is 3.74. The summed E-state index contributed by atoms with van der Waals surface area (Å²) in [6.45, 7) is 4.11. The molecule has 1 heterocycles. The van der Waals surface area contributed by atoms with Crippen molar-refractivity contribution in [3.8, 4) is 5.69 Å². The van der Waals surface area contributed by atoms with Crippen LogP contribution in [-0.2, 0) is 26.3 Å². The Hall–Kier alpha value is -2.29. The minimum absolute atomic E-state index is 0.0285. The maximum absolute atomic E-state index is 13.4. The predicted molar refractivity (Wildman–Crippen MR) is 126 cm³/mol. The fourth-order valence-corrected chi connectivity index (χ4v) is 7.08. The summed E-state index contributed by atoms with van der Waals surface area (Å²) in [6.07, 6.45) is 8.03. The van der Waals surface area contributed by atoms with Gasteiger partial charge in [0.15, 0.2) is 0 Å². The van der Waals surface area contributed by atoms with E-state index in [-0.39, 0.29) is 11.2 Å². The number of hydrogen-bond donors (Lipinski definition) is 1. The third-order valence-corrected chi connectivity index (χ3v) is 8.54. The smallest absolute Gasteiger partial charge is 0.252 e. The first-order chi connectivity index (χ1) is 15.6. The van der Waals surface area contributed by atoms with E-state index >= 15 is 0 Å². The van der Waals surface area contributed by atoms with Crippen molar-refractivity contribution in [3.63, 3.8) is 0 Å². The van der Waals surface area contributed by atoms with Gasteiger partial charge in [0, 0.05) is 5.39 Å². The number of nitrogens with two attached hydrogens (primary N) is 1. The molecule has 33 heavy (non-hydrogen) atoms. The van der Waals surface area contributed by atoms with Crippen molar-refractivity contribution in [3.05, 3.63) is 59.5 Å². The fourth-order valence-electron chi connectivity index (χ4n) is 6.37. The molecule has 0 saturated heterocycles. The summed E-state index contributed by atoms with van der Waals surface area (Å²) in [4.78, 5) is 0. The van der Waals surface area contributed by atoms with Gasteiger partial charge in [-0.15, -0.1) is 0 Å². The molecule has 1 fully saturated rings. The third kappa shape index (κ3) is 3.98. The average Bonchev–Trinajstić information content (AvgIpc) is 3.09. The Balaban J connectivity index is 1.58. The van der Waals surface area contributed by atoms with Gasteiger partial charge in [0.2, 0.25) is 0 Å². The predicted octanol–water partition coefficient (Wildman–Crippen LogP) is 4.93. The Bertz CT molecular complexity index is 1300. The molecule has 6 nitrogen and oxygen atoms in total. The molecule has 0 amide bonds. The Morgan fingerprint density at radius 1 is 1.24 bits per heavy atom. The van der Waals surface area contributed by atoms with Crippen LogP contribution in [0.1, 0.15) is 63.5 Å². The van der Waals surface area contributed by atoms with E-state index in [0.717, 1.165) is 48.7 Å². The molecular weight excluding hydrogens is 441 g/mol. The summed E-state index contributed by atoms with van der Waals surface area (Å²) in [5.74, 6) is 0.0459. The summed E-state index contributed by atoms with van der Waals surface area (Å²) in [5, 5.41) is 10.9. The summed E-state index contributed by atoms with van der Waals surface area (Å²) in [7, 11) is -4.01. The molecule has 2 aromatic carbocycles. The average molecular weight is 472 g/mol. The standard InChI is InChI=1S/C25H30FN3O3S/c1-3-25-12-11-24(2,32-33(27,30)31)15-19(25)6-4-5-17-14-23-18(13-22(17)25)16-28-29(23)21-9-7-20(26)8-10-21/h7-10,13-14,16,19H,3-6,11-12,15H2,1-2H3,(H2,27,30,31)/t19-,24-,25-/m0/s1. The molecule has 3 aromatic rings. The molecule has 1 aromatic heterocycles. The molecular formula is C25H30FN3O3S. The topological polar surface area (TPSA) is 87.2 Å². The van der Waals surface area contributed by atoms with Crippen LogP contribution in [0.3, 0.4) is 0 Å². The number of rotatable bonds is 4. The van der Waals surface area contributed by atoms with E-state index in [1.165, 1.54) is 23.3 Å². The zero-order valence-electron chi connectivity index (χ0n) is 19.1. The van der Waals surface area contributed by atoms with E-state index in [9.17, 15) is 12.8 Å². The van der Waals surface area contributed by atoms with Crippen LogP contribution < -0.4 is 5.14 Å². The third-order valence-electron chi connectivity index (χ3n) is 7.91. The number of aromatic nitrogens is 2. The second kappa shape index (κ2) is 7.89. The number of nitrogens with zero attached hydrogens (tertiary/aromatic N) is 2. The number of fused-ring (bicyclic) bond motifs is 4. The molecule has 1 saturated carbocycles. The quantitative estimate of drug-likeness (QED) is 0.585. The normalized spacial score (nSPS) is 27.7. The van der Waals surface area contributed by atoms with Crippen LogP contribution >= 0.6 is 0 Å². The van der Waals surface area contributed by atoms with Crippen LogP contribution in [0.2, 0.25) is 0 Å². The minimum atomic E-state index is -4.01. The van der Waals surface area contributed by atoms with E-state index < -0.39 is 15.9 Å². The molecule has 2 aliphatic rings. The first kappa shape index (κ1) is 22.5. The van der Waals surface area contributed by atoms with Gasteiger partial charge in [-0.1, -0.05) is 6.92 Å². The van der Waals surface area contributed by atoms with E-state index in [1.54, 1.807) is 12.1 Å². The molecule has 0 spiro atoms. The zero-order valence-corrected chi connectivity index (χ0v) is 19.9. The molecule has 5 rings (SSSR count). The summed E-state index contributed by atoms with van der Waals surface area (Å²) < 4.78 is 44.0. The van der Waals surface area contributed by atoms with Crippen molar-refractivity contribution in [1.29, 1.82) is 0 Å². The summed E-state index contributed by atoms with van der Waals surface area (Å²) in [6, 6.07) is 10.9. The minimum Gasteiger partial charge on any atom is -0.252 e. The fraction of sp³-hybridized carbons (Fsp3) is 0.480. The molecule has 2 N–H and O–H groups in total. The highest BCUT2D eigenvalue weighted by molar-refractivity contribution is 7.84. The zero-order chi connectivity index (χ0) is 23.4. The molecule has 176 valence electrons. The van der Waals surface area contributed by atoms with Crippen LogP contribution in [0.5, 0.6) is 0 Å². The highest BCUT2D eigenvalue weighted by atomic mass is 32.2. The van der Waals surface area contributed by atoms with Crippen LogP contribution in [0.4, 0.5) is 4.39 Å². The molecule has 2 aliphatic carbocycles. The number of aryl methyl sites for hydroxylation is 1. The van der Waals surface area contributed by atoms with E-state index in [2.05, 4.69) is 24.2 Å².